The Morgan fingerprint density at radius 2 is 2.14 bits per heavy atom. The summed E-state index contributed by atoms with van der Waals surface area (Å²) in [6.45, 7) is 3.65. The van der Waals surface area contributed by atoms with Gasteiger partial charge in [0.1, 0.15) is 0 Å². The second-order valence-electron chi connectivity index (χ2n) is 4.64. The molecule has 1 heterocycles. The Morgan fingerprint density at radius 3 is 2.81 bits per heavy atom. The minimum atomic E-state index is 0.499. The van der Waals surface area contributed by atoms with Gasteiger partial charge in [-0.1, -0.05) is 23.2 Å². The monoisotopic (exact) mass is 342 g/mol. The van der Waals surface area contributed by atoms with Gasteiger partial charge in [-0.3, -0.25) is 4.68 Å². The van der Waals surface area contributed by atoms with Gasteiger partial charge < -0.3 is 10.6 Å². The number of aromatic nitrogens is 2. The zero-order chi connectivity index (χ0) is 15.2. The van der Waals surface area contributed by atoms with E-state index in [4.69, 9.17) is 35.4 Å². The van der Waals surface area contributed by atoms with Gasteiger partial charge in [0.15, 0.2) is 5.11 Å². The fraction of sp³-hybridized carbons (Fsp3) is 0.286. The SMILES string of the molecule is Cc1cnn(CCCNC(=S)Nc2ccc(Cl)c(Cl)c2)c1. The van der Waals surface area contributed by atoms with Crippen molar-refractivity contribution in [3.05, 3.63) is 46.2 Å². The van der Waals surface area contributed by atoms with Gasteiger partial charge >= 0.3 is 0 Å². The summed E-state index contributed by atoms with van der Waals surface area (Å²) in [5, 5.41) is 12.0. The Morgan fingerprint density at radius 1 is 1.33 bits per heavy atom. The Balaban J connectivity index is 1.71. The molecule has 2 aromatic rings. The van der Waals surface area contributed by atoms with Crippen LogP contribution in [0.15, 0.2) is 30.6 Å². The van der Waals surface area contributed by atoms with Gasteiger partial charge in [0.2, 0.25) is 0 Å². The van der Waals surface area contributed by atoms with E-state index in [0.29, 0.717) is 15.2 Å². The van der Waals surface area contributed by atoms with E-state index < -0.39 is 0 Å². The first-order valence-electron chi connectivity index (χ1n) is 6.53. The number of thiocarbonyl (C=S) groups is 1. The molecule has 0 aliphatic heterocycles. The molecule has 1 aromatic carbocycles. The van der Waals surface area contributed by atoms with E-state index in [1.54, 1.807) is 12.1 Å². The number of rotatable bonds is 5. The number of hydrogen-bond donors (Lipinski definition) is 2. The van der Waals surface area contributed by atoms with Crippen LogP contribution < -0.4 is 10.6 Å². The molecule has 7 heteroatoms. The summed E-state index contributed by atoms with van der Waals surface area (Å²) in [5.41, 5.74) is 1.98. The Bertz CT molecular complexity index is 627. The van der Waals surface area contributed by atoms with Gasteiger partial charge in [0, 0.05) is 25.0 Å². The highest BCUT2D eigenvalue weighted by atomic mass is 35.5. The normalized spacial score (nSPS) is 10.4. The molecule has 0 saturated carbocycles. The van der Waals surface area contributed by atoms with E-state index in [2.05, 4.69) is 15.7 Å². The molecular formula is C14H16Cl2N4S. The minimum Gasteiger partial charge on any atom is -0.362 e. The summed E-state index contributed by atoms with van der Waals surface area (Å²) in [7, 11) is 0. The Hall–Kier alpha value is -1.30. The number of nitrogens with one attached hydrogen (secondary N) is 2. The molecule has 0 unspecified atom stereocenters. The fourth-order valence-electron chi connectivity index (χ4n) is 1.78. The summed E-state index contributed by atoms with van der Waals surface area (Å²) in [4.78, 5) is 0. The Labute approximate surface area is 139 Å². The first-order chi connectivity index (χ1) is 10.0. The van der Waals surface area contributed by atoms with Crippen LogP contribution in [0.5, 0.6) is 0 Å². The second kappa shape index (κ2) is 7.64. The van der Waals surface area contributed by atoms with Crippen molar-refractivity contribution in [2.45, 2.75) is 19.9 Å². The smallest absolute Gasteiger partial charge is 0.170 e. The number of nitrogens with zero attached hydrogens (tertiary/aromatic N) is 2. The third kappa shape index (κ3) is 5.19. The van der Waals surface area contributed by atoms with E-state index in [1.165, 1.54) is 5.56 Å². The standard InChI is InChI=1S/C14H16Cl2N4S/c1-10-8-18-20(9-10)6-2-5-17-14(21)19-11-3-4-12(15)13(16)7-11/h3-4,7-9H,2,5-6H2,1H3,(H2,17,19,21). The summed E-state index contributed by atoms with van der Waals surface area (Å²) >= 11 is 17.0. The van der Waals surface area contributed by atoms with Gasteiger partial charge in [0.05, 0.1) is 16.2 Å². The minimum absolute atomic E-state index is 0.499. The molecule has 21 heavy (non-hydrogen) atoms. The first kappa shape index (κ1) is 16.1. The van der Waals surface area contributed by atoms with E-state index in [9.17, 15) is 0 Å². The third-order valence-corrected chi connectivity index (χ3v) is 3.77. The highest BCUT2D eigenvalue weighted by Crippen LogP contribution is 2.24. The lowest BCUT2D eigenvalue weighted by molar-refractivity contribution is 0.573. The number of anilines is 1. The molecule has 4 nitrogen and oxygen atoms in total. The lowest BCUT2D eigenvalue weighted by Crippen LogP contribution is -2.29. The largest absolute Gasteiger partial charge is 0.362 e. The van der Waals surface area contributed by atoms with Crippen LogP contribution in [0.2, 0.25) is 10.0 Å². The molecule has 0 atom stereocenters. The van der Waals surface area contributed by atoms with Crippen molar-refractivity contribution in [1.29, 1.82) is 0 Å². The Kier molecular flexibility index (Phi) is 5.85. The van der Waals surface area contributed by atoms with Gasteiger partial charge in [-0.05, 0) is 49.3 Å². The molecule has 0 aliphatic rings. The number of aryl methyl sites for hydroxylation is 2. The predicted octanol–water partition coefficient (Wildman–Crippen LogP) is 3.88. The topological polar surface area (TPSA) is 41.9 Å². The average Bonchev–Trinajstić information content (AvgIpc) is 2.85. The zero-order valence-electron chi connectivity index (χ0n) is 11.6. The molecule has 2 N–H and O–H groups in total. The predicted molar refractivity (Wildman–Crippen MR) is 92.3 cm³/mol. The molecule has 112 valence electrons. The quantitative estimate of drug-likeness (QED) is 0.639. The van der Waals surface area contributed by atoms with Crippen LogP contribution in [-0.2, 0) is 6.54 Å². The van der Waals surface area contributed by atoms with E-state index >= 15 is 0 Å². The van der Waals surface area contributed by atoms with E-state index in [-0.39, 0.29) is 0 Å². The van der Waals surface area contributed by atoms with Gasteiger partial charge in [-0.2, -0.15) is 5.10 Å². The summed E-state index contributed by atoms with van der Waals surface area (Å²) in [6.07, 6.45) is 4.81. The molecule has 0 amide bonds. The fourth-order valence-corrected chi connectivity index (χ4v) is 2.30. The molecule has 0 saturated heterocycles. The second-order valence-corrected chi connectivity index (χ2v) is 5.87. The van der Waals surface area contributed by atoms with Crippen molar-refractivity contribution in [2.24, 2.45) is 0 Å². The van der Waals surface area contributed by atoms with Crippen molar-refractivity contribution in [3.63, 3.8) is 0 Å². The summed E-state index contributed by atoms with van der Waals surface area (Å²) in [6, 6.07) is 5.30. The molecule has 0 spiro atoms. The molecule has 0 fully saturated rings. The molecule has 0 bridgehead atoms. The maximum absolute atomic E-state index is 5.95. The van der Waals surface area contributed by atoms with Crippen molar-refractivity contribution < 1.29 is 0 Å². The van der Waals surface area contributed by atoms with Crippen LogP contribution in [0, 0.1) is 6.92 Å². The van der Waals surface area contributed by atoms with Crippen LogP contribution in [-0.4, -0.2) is 21.4 Å². The maximum Gasteiger partial charge on any atom is 0.170 e. The van der Waals surface area contributed by atoms with Gasteiger partial charge in [-0.25, -0.2) is 0 Å². The number of benzene rings is 1. The maximum atomic E-state index is 5.95. The lowest BCUT2D eigenvalue weighted by Gasteiger charge is -2.11. The van der Waals surface area contributed by atoms with Crippen LogP contribution >= 0.6 is 35.4 Å². The third-order valence-electron chi connectivity index (χ3n) is 2.79. The van der Waals surface area contributed by atoms with Crippen LogP contribution in [0.1, 0.15) is 12.0 Å². The van der Waals surface area contributed by atoms with Crippen molar-refractivity contribution in [3.8, 4) is 0 Å². The number of halogens is 2. The lowest BCUT2D eigenvalue weighted by atomic mass is 10.3. The van der Waals surface area contributed by atoms with E-state index in [1.807, 2.05) is 30.1 Å². The summed E-state index contributed by atoms with van der Waals surface area (Å²) < 4.78 is 1.92. The summed E-state index contributed by atoms with van der Waals surface area (Å²) in [5.74, 6) is 0. The molecule has 0 radical (unpaired) electrons. The van der Waals surface area contributed by atoms with E-state index in [0.717, 1.165) is 25.2 Å². The average molecular weight is 343 g/mol. The molecule has 2 rings (SSSR count). The van der Waals surface area contributed by atoms with Gasteiger partial charge in [-0.15, -0.1) is 0 Å². The highest BCUT2D eigenvalue weighted by molar-refractivity contribution is 7.80. The number of hydrogen-bond acceptors (Lipinski definition) is 2. The first-order valence-corrected chi connectivity index (χ1v) is 7.70. The van der Waals surface area contributed by atoms with Crippen molar-refractivity contribution >= 4 is 46.2 Å². The van der Waals surface area contributed by atoms with Gasteiger partial charge in [0.25, 0.3) is 0 Å². The van der Waals surface area contributed by atoms with Crippen LogP contribution in [0.4, 0.5) is 5.69 Å². The van der Waals surface area contributed by atoms with Crippen molar-refractivity contribution in [2.75, 3.05) is 11.9 Å². The molecule has 1 aromatic heterocycles. The zero-order valence-corrected chi connectivity index (χ0v) is 13.9. The van der Waals surface area contributed by atoms with Crippen LogP contribution in [0.3, 0.4) is 0 Å². The molecule has 0 aliphatic carbocycles. The van der Waals surface area contributed by atoms with Crippen molar-refractivity contribution in [1.82, 2.24) is 15.1 Å². The van der Waals surface area contributed by atoms with Crippen LogP contribution in [0.25, 0.3) is 0 Å². The highest BCUT2D eigenvalue weighted by Gasteiger charge is 2.01. The molecular weight excluding hydrogens is 327 g/mol.